The first-order valence-corrected chi connectivity index (χ1v) is 10.8. The molecule has 2 rings (SSSR count). The number of aromatic nitrogens is 2. The van der Waals surface area contributed by atoms with Crippen LogP contribution in [0.15, 0.2) is 29.3 Å². The molecular weight excluding hydrogens is 443 g/mol. The SMILES string of the molecule is CCN(CC)C(=O)COc1cnc(NS(=O)(=O)c2cccc(Cl)c2Cl)c(OC)n1. The summed E-state index contributed by atoms with van der Waals surface area (Å²) in [5, 5.41) is -0.0299. The van der Waals surface area contributed by atoms with E-state index in [0.717, 1.165) is 0 Å². The Labute approximate surface area is 179 Å². The van der Waals surface area contributed by atoms with Gasteiger partial charge in [0.25, 0.3) is 21.8 Å². The highest BCUT2D eigenvalue weighted by atomic mass is 35.5. The van der Waals surface area contributed by atoms with Crippen molar-refractivity contribution in [2.75, 3.05) is 31.5 Å². The molecule has 0 aliphatic carbocycles. The fraction of sp³-hybridized carbons (Fsp3) is 0.353. The average molecular weight is 463 g/mol. The maximum atomic E-state index is 12.6. The van der Waals surface area contributed by atoms with Gasteiger partial charge in [0.05, 0.1) is 23.4 Å². The van der Waals surface area contributed by atoms with Crippen molar-refractivity contribution >= 4 is 45.0 Å². The van der Waals surface area contributed by atoms with Gasteiger partial charge >= 0.3 is 0 Å². The van der Waals surface area contributed by atoms with E-state index in [1.807, 2.05) is 13.8 Å². The number of nitrogens with one attached hydrogen (secondary N) is 1. The summed E-state index contributed by atoms with van der Waals surface area (Å²) in [6.45, 7) is 4.60. The third-order valence-electron chi connectivity index (χ3n) is 3.81. The fourth-order valence-electron chi connectivity index (χ4n) is 2.32. The maximum absolute atomic E-state index is 12.6. The predicted molar refractivity (Wildman–Crippen MR) is 109 cm³/mol. The number of methoxy groups -OCH3 is 1. The first-order valence-electron chi connectivity index (χ1n) is 8.51. The molecule has 1 amide bonds. The predicted octanol–water partition coefficient (Wildman–Crippen LogP) is 2.84. The lowest BCUT2D eigenvalue weighted by Gasteiger charge is -2.18. The van der Waals surface area contributed by atoms with E-state index in [0.29, 0.717) is 13.1 Å². The molecule has 9 nitrogen and oxygen atoms in total. The Kier molecular flexibility index (Phi) is 7.88. The smallest absolute Gasteiger partial charge is 0.264 e. The van der Waals surface area contributed by atoms with Gasteiger partial charge in [-0.25, -0.2) is 13.4 Å². The summed E-state index contributed by atoms with van der Waals surface area (Å²) in [5.41, 5.74) is 0. The van der Waals surface area contributed by atoms with E-state index in [1.165, 1.54) is 31.5 Å². The number of carbonyl (C=O) groups is 1. The monoisotopic (exact) mass is 462 g/mol. The highest BCUT2D eigenvalue weighted by Gasteiger charge is 2.23. The minimum Gasteiger partial charge on any atom is -0.478 e. The number of anilines is 1. The number of ether oxygens (including phenoxy) is 2. The van der Waals surface area contributed by atoms with Crippen LogP contribution in [0.2, 0.25) is 10.0 Å². The van der Waals surface area contributed by atoms with Crippen molar-refractivity contribution in [2.24, 2.45) is 0 Å². The van der Waals surface area contributed by atoms with Crippen molar-refractivity contribution in [3.63, 3.8) is 0 Å². The first-order chi connectivity index (χ1) is 13.7. The highest BCUT2D eigenvalue weighted by molar-refractivity contribution is 7.92. The van der Waals surface area contributed by atoms with Crippen LogP contribution in [0.4, 0.5) is 5.82 Å². The summed E-state index contributed by atoms with van der Waals surface area (Å²) in [5.74, 6) is -0.521. The van der Waals surface area contributed by atoms with Crippen LogP contribution in [-0.2, 0) is 14.8 Å². The standard InChI is InChI=1S/C17H20Cl2N4O5S/c1-4-23(5-2)14(24)10-28-13-9-20-16(17(21-13)27-3)22-29(25,26)12-8-6-7-11(18)15(12)19/h6-9H,4-5,10H2,1-3H3,(H,20,22). The van der Waals surface area contributed by atoms with Gasteiger partial charge in [0.15, 0.2) is 6.61 Å². The number of likely N-dealkylation sites (N-methyl/N-ethyl adjacent to an activating group) is 1. The van der Waals surface area contributed by atoms with E-state index < -0.39 is 10.0 Å². The van der Waals surface area contributed by atoms with Crippen LogP contribution in [0.1, 0.15) is 13.8 Å². The van der Waals surface area contributed by atoms with Gasteiger partial charge in [-0.05, 0) is 26.0 Å². The third-order valence-corrected chi connectivity index (χ3v) is 6.12. The van der Waals surface area contributed by atoms with Crippen molar-refractivity contribution < 1.29 is 22.7 Å². The molecule has 29 heavy (non-hydrogen) atoms. The Morgan fingerprint density at radius 1 is 1.24 bits per heavy atom. The molecule has 0 atom stereocenters. The Balaban J connectivity index is 2.20. The second kappa shape index (κ2) is 9.95. The fourth-order valence-corrected chi connectivity index (χ4v) is 4.09. The lowest BCUT2D eigenvalue weighted by Crippen LogP contribution is -2.34. The third kappa shape index (κ3) is 5.62. The van der Waals surface area contributed by atoms with E-state index in [-0.39, 0.29) is 45.0 Å². The Hall–Kier alpha value is -2.30. The number of rotatable bonds is 9. The summed E-state index contributed by atoms with van der Waals surface area (Å²) in [6.07, 6.45) is 1.18. The van der Waals surface area contributed by atoms with Gasteiger partial charge in [-0.3, -0.25) is 9.52 Å². The van der Waals surface area contributed by atoms with Gasteiger partial charge in [-0.15, -0.1) is 0 Å². The molecule has 0 saturated heterocycles. The highest BCUT2D eigenvalue weighted by Crippen LogP contribution is 2.31. The zero-order valence-electron chi connectivity index (χ0n) is 16.0. The molecule has 0 aliphatic heterocycles. The van der Waals surface area contributed by atoms with Crippen molar-refractivity contribution in [3.8, 4) is 11.8 Å². The minimum atomic E-state index is -4.11. The average Bonchev–Trinajstić information content (AvgIpc) is 2.69. The van der Waals surface area contributed by atoms with Crippen LogP contribution in [0.5, 0.6) is 11.8 Å². The normalized spacial score (nSPS) is 11.1. The molecule has 0 aliphatic rings. The number of carbonyl (C=O) groups excluding carboxylic acids is 1. The molecule has 158 valence electrons. The summed E-state index contributed by atoms with van der Waals surface area (Å²) < 4.78 is 37.9. The van der Waals surface area contributed by atoms with E-state index in [1.54, 1.807) is 4.90 Å². The lowest BCUT2D eigenvalue weighted by atomic mass is 10.4. The zero-order chi connectivity index (χ0) is 21.6. The van der Waals surface area contributed by atoms with E-state index in [4.69, 9.17) is 32.7 Å². The molecule has 0 spiro atoms. The molecule has 12 heteroatoms. The van der Waals surface area contributed by atoms with Gasteiger partial charge in [0, 0.05) is 13.1 Å². The molecule has 0 saturated carbocycles. The largest absolute Gasteiger partial charge is 0.478 e. The Morgan fingerprint density at radius 3 is 2.55 bits per heavy atom. The Morgan fingerprint density at radius 2 is 1.93 bits per heavy atom. The number of benzene rings is 1. The number of sulfonamides is 1. The summed E-state index contributed by atoms with van der Waals surface area (Å²) in [6, 6.07) is 4.22. The molecule has 1 N–H and O–H groups in total. The summed E-state index contributed by atoms with van der Waals surface area (Å²) in [4.78, 5) is 21.4. The molecule has 0 radical (unpaired) electrons. The van der Waals surface area contributed by atoms with Crippen LogP contribution in [0.25, 0.3) is 0 Å². The van der Waals surface area contributed by atoms with Gasteiger partial charge in [-0.2, -0.15) is 4.98 Å². The van der Waals surface area contributed by atoms with Crippen molar-refractivity contribution in [3.05, 3.63) is 34.4 Å². The van der Waals surface area contributed by atoms with Gasteiger partial charge in [0.2, 0.25) is 11.7 Å². The molecule has 2 aromatic rings. The van der Waals surface area contributed by atoms with E-state index in [9.17, 15) is 13.2 Å². The molecule has 0 unspecified atom stereocenters. The van der Waals surface area contributed by atoms with Gasteiger partial charge in [-0.1, -0.05) is 29.3 Å². The van der Waals surface area contributed by atoms with Crippen LogP contribution in [-0.4, -0.2) is 56.0 Å². The zero-order valence-corrected chi connectivity index (χ0v) is 18.3. The van der Waals surface area contributed by atoms with Crippen molar-refractivity contribution in [1.29, 1.82) is 0 Å². The molecule has 0 bridgehead atoms. The number of amides is 1. The van der Waals surface area contributed by atoms with Gasteiger partial charge in [0.1, 0.15) is 4.90 Å². The van der Waals surface area contributed by atoms with Crippen molar-refractivity contribution in [1.82, 2.24) is 14.9 Å². The summed E-state index contributed by atoms with van der Waals surface area (Å²) >= 11 is 11.9. The maximum Gasteiger partial charge on any atom is 0.264 e. The van der Waals surface area contributed by atoms with Crippen LogP contribution < -0.4 is 14.2 Å². The quantitative estimate of drug-likeness (QED) is 0.609. The second-order valence-corrected chi connectivity index (χ2v) is 8.01. The van der Waals surface area contributed by atoms with Crippen LogP contribution in [0.3, 0.4) is 0 Å². The molecule has 0 fully saturated rings. The summed E-state index contributed by atoms with van der Waals surface area (Å²) in [7, 11) is -2.82. The number of hydrogen-bond donors (Lipinski definition) is 1. The number of nitrogens with zero attached hydrogens (tertiary/aromatic N) is 3. The molecular formula is C17H20Cl2N4O5S. The Bertz CT molecular complexity index is 984. The first kappa shape index (κ1) is 23.0. The topological polar surface area (TPSA) is 111 Å². The van der Waals surface area contributed by atoms with Crippen LogP contribution in [0, 0.1) is 0 Å². The number of hydrogen-bond acceptors (Lipinski definition) is 7. The van der Waals surface area contributed by atoms with Crippen LogP contribution >= 0.6 is 23.2 Å². The van der Waals surface area contributed by atoms with E-state index >= 15 is 0 Å². The van der Waals surface area contributed by atoms with Crippen molar-refractivity contribution in [2.45, 2.75) is 18.7 Å². The lowest BCUT2D eigenvalue weighted by molar-refractivity contribution is -0.133. The molecule has 1 heterocycles. The molecule has 1 aromatic heterocycles. The number of halogens is 2. The second-order valence-electron chi connectivity index (χ2n) is 5.58. The van der Waals surface area contributed by atoms with Gasteiger partial charge < -0.3 is 14.4 Å². The minimum absolute atomic E-state index is 0.00564. The molecule has 1 aromatic carbocycles. The van der Waals surface area contributed by atoms with E-state index in [2.05, 4.69) is 14.7 Å².